The molecule has 11 heteroatoms. The molecule has 4 amide bonds. The van der Waals surface area contributed by atoms with Gasteiger partial charge in [-0.3, -0.25) is 19.2 Å². The van der Waals surface area contributed by atoms with Crippen LogP contribution in [0.15, 0.2) is 30.5 Å². The first kappa shape index (κ1) is 43.1. The molecule has 0 aliphatic carbocycles. The van der Waals surface area contributed by atoms with Crippen LogP contribution in [0.5, 0.6) is 0 Å². The first-order chi connectivity index (χ1) is 22.6. The number of carbonyl (C=O) groups excluding carboxylic acids is 5. The lowest BCUT2D eigenvalue weighted by Crippen LogP contribution is -2.56. The molecule has 4 rings (SSSR count). The van der Waals surface area contributed by atoms with E-state index in [9.17, 15) is 24.0 Å². The third kappa shape index (κ3) is 17.6. The highest BCUT2D eigenvalue weighted by atomic mass is 16.6. The number of Topliss-reactive ketones (excluding diaryl/α,β-unsaturated/α-hetero) is 1. The Morgan fingerprint density at radius 3 is 2.06 bits per heavy atom. The van der Waals surface area contributed by atoms with E-state index in [1.54, 1.807) is 18.8 Å². The Kier molecular flexibility index (Phi) is 24.0. The molecule has 1 aromatic heterocycles. The van der Waals surface area contributed by atoms with Crippen molar-refractivity contribution in [3.63, 3.8) is 0 Å². The molecular formula is C36H61N5O6. The van der Waals surface area contributed by atoms with Gasteiger partial charge in [0, 0.05) is 24.5 Å². The second kappa shape index (κ2) is 26.2. The molecule has 1 aromatic carbocycles. The maximum Gasteiger partial charge on any atom is 0.243 e. The molecule has 2 saturated heterocycles. The Balaban J connectivity index is 0.000000668. The van der Waals surface area contributed by atoms with Gasteiger partial charge in [0.2, 0.25) is 23.6 Å². The minimum absolute atomic E-state index is 0.154. The van der Waals surface area contributed by atoms with Gasteiger partial charge in [0.1, 0.15) is 18.9 Å². The van der Waals surface area contributed by atoms with Crippen molar-refractivity contribution < 1.29 is 28.8 Å². The fraction of sp³-hybridized carbons (Fsp3) is 0.639. The first-order valence-corrected chi connectivity index (χ1v) is 17.3. The van der Waals surface area contributed by atoms with Gasteiger partial charge in [-0.05, 0) is 51.2 Å². The van der Waals surface area contributed by atoms with Crippen LogP contribution >= 0.6 is 0 Å². The van der Waals surface area contributed by atoms with Crippen LogP contribution in [0.25, 0.3) is 10.9 Å². The number of benzene rings is 1. The number of aromatic nitrogens is 1. The number of para-hydroxylation sites is 1. The van der Waals surface area contributed by atoms with Gasteiger partial charge >= 0.3 is 0 Å². The van der Waals surface area contributed by atoms with Crippen molar-refractivity contribution in [2.75, 3.05) is 33.3 Å². The van der Waals surface area contributed by atoms with Crippen LogP contribution in [0.3, 0.4) is 0 Å². The van der Waals surface area contributed by atoms with E-state index in [0.29, 0.717) is 18.7 Å². The van der Waals surface area contributed by atoms with Crippen molar-refractivity contribution >= 4 is 40.3 Å². The van der Waals surface area contributed by atoms with E-state index in [2.05, 4.69) is 49.7 Å². The third-order valence-electron chi connectivity index (χ3n) is 7.39. The fourth-order valence-corrected chi connectivity index (χ4v) is 4.63. The average Bonchev–Trinajstić information content (AvgIpc) is 3.43. The molecule has 2 aromatic rings. The number of nitrogens with one attached hydrogen (secondary N) is 3. The van der Waals surface area contributed by atoms with Gasteiger partial charge in [-0.2, -0.15) is 4.73 Å². The van der Waals surface area contributed by atoms with Gasteiger partial charge in [-0.25, -0.2) is 0 Å². The van der Waals surface area contributed by atoms with Gasteiger partial charge in [-0.15, -0.1) is 0 Å². The zero-order valence-corrected chi connectivity index (χ0v) is 30.2. The number of piperidine rings is 1. The van der Waals surface area contributed by atoms with E-state index in [-0.39, 0.29) is 31.4 Å². The lowest BCUT2D eigenvalue weighted by molar-refractivity contribution is -0.143. The predicted molar refractivity (Wildman–Crippen MR) is 189 cm³/mol. The summed E-state index contributed by atoms with van der Waals surface area (Å²) in [4.78, 5) is 64.0. The maximum absolute atomic E-state index is 12.1. The number of unbranched alkanes of at least 4 members (excludes halogenated alkanes) is 4. The lowest BCUT2D eigenvalue weighted by atomic mass is 10.0. The molecule has 0 spiro atoms. The number of rotatable bonds is 7. The summed E-state index contributed by atoms with van der Waals surface area (Å²) in [5.74, 6) is -1.12. The summed E-state index contributed by atoms with van der Waals surface area (Å²) in [6.07, 6.45) is 12.5. The average molecular weight is 660 g/mol. The Hall–Kier alpha value is -3.89. The highest BCUT2D eigenvalue weighted by Crippen LogP contribution is 2.19. The summed E-state index contributed by atoms with van der Waals surface area (Å²) in [7, 11) is 1.67. The highest BCUT2D eigenvalue weighted by Gasteiger charge is 2.32. The predicted octanol–water partition coefficient (Wildman–Crippen LogP) is 5.12. The third-order valence-corrected chi connectivity index (χ3v) is 7.39. The molecule has 1 unspecified atom stereocenters. The van der Waals surface area contributed by atoms with Crippen LogP contribution in [0.2, 0.25) is 0 Å². The molecule has 2 aliphatic heterocycles. The van der Waals surface area contributed by atoms with Gasteiger partial charge in [0.15, 0.2) is 0 Å². The molecule has 0 bridgehead atoms. The van der Waals surface area contributed by atoms with Crippen LogP contribution < -0.4 is 20.8 Å². The number of fused-ring (bicyclic) bond motifs is 2. The Morgan fingerprint density at radius 2 is 1.47 bits per heavy atom. The zero-order valence-electron chi connectivity index (χ0n) is 30.2. The van der Waals surface area contributed by atoms with E-state index in [0.717, 1.165) is 31.2 Å². The van der Waals surface area contributed by atoms with Crippen LogP contribution in [-0.4, -0.2) is 78.4 Å². The summed E-state index contributed by atoms with van der Waals surface area (Å²) >= 11 is 0. The van der Waals surface area contributed by atoms with Gasteiger partial charge < -0.3 is 30.5 Å². The van der Waals surface area contributed by atoms with Gasteiger partial charge in [-0.1, -0.05) is 84.9 Å². The first-order valence-electron chi connectivity index (χ1n) is 17.3. The van der Waals surface area contributed by atoms with E-state index in [1.165, 1.54) is 48.0 Å². The lowest BCUT2D eigenvalue weighted by Gasteiger charge is -2.35. The van der Waals surface area contributed by atoms with E-state index in [4.69, 9.17) is 4.84 Å². The van der Waals surface area contributed by atoms with Gasteiger partial charge in [0.05, 0.1) is 25.2 Å². The van der Waals surface area contributed by atoms with Crippen molar-refractivity contribution in [3.8, 4) is 0 Å². The smallest absolute Gasteiger partial charge is 0.243 e. The minimum atomic E-state index is -0.555. The van der Waals surface area contributed by atoms with E-state index >= 15 is 0 Å². The van der Waals surface area contributed by atoms with Crippen LogP contribution in [-0.2, 0) is 24.0 Å². The summed E-state index contributed by atoms with van der Waals surface area (Å²) in [6.45, 7) is 14.2. The second-order valence-electron chi connectivity index (χ2n) is 11.2. The molecule has 0 saturated carbocycles. The van der Waals surface area contributed by atoms with E-state index in [1.807, 2.05) is 38.2 Å². The molecule has 11 nitrogen and oxygen atoms in total. The number of aryl methyl sites for hydroxylation is 1. The van der Waals surface area contributed by atoms with Crippen molar-refractivity contribution in [2.45, 2.75) is 119 Å². The Bertz CT molecular complexity index is 1170. The summed E-state index contributed by atoms with van der Waals surface area (Å²) < 4.78 is 1.78. The van der Waals surface area contributed by atoms with Crippen molar-refractivity contribution in [1.29, 1.82) is 0 Å². The standard InChI is InChI=1S/C12H18N4O4.C10H11NO.C8H16O.C4H10.C2H6/c17-9-5-13-10(18)6-15-12(20)8-3-1-2-4-16(8)11(19)7-14-9;1-8-7-11(12-2)10-6-4-3-5-9(8)10;1-3-4-5-6-7-8(2)9;1-3-4-2;1-2/h8H,1-7H2,(H,13,18)(H,14,17)(H,15,20);3-7H,1-2H3;3-7H2,1-2H3;3-4H2,1-2H3;1-2H3. The van der Waals surface area contributed by atoms with Crippen LogP contribution in [0.1, 0.15) is 111 Å². The van der Waals surface area contributed by atoms with E-state index < -0.39 is 17.9 Å². The Morgan fingerprint density at radius 1 is 0.851 bits per heavy atom. The summed E-state index contributed by atoms with van der Waals surface area (Å²) in [5, 5.41) is 8.57. The zero-order chi connectivity index (χ0) is 35.6. The number of amides is 4. The topological polar surface area (TPSA) is 139 Å². The molecule has 266 valence electrons. The summed E-state index contributed by atoms with van der Waals surface area (Å²) in [6, 6.07) is 7.64. The van der Waals surface area contributed by atoms with Crippen LogP contribution in [0, 0.1) is 6.92 Å². The summed E-state index contributed by atoms with van der Waals surface area (Å²) in [5.41, 5.74) is 2.37. The van der Waals surface area contributed by atoms with Crippen molar-refractivity contribution in [2.24, 2.45) is 0 Å². The SMILES string of the molecule is CC.CCCC.CCCCCCC(C)=O.COn1cc(C)c2ccccc21.O=C1CNC(=O)CNC(=O)C2CCCCN2C(=O)CN1. The number of hydrogen-bond donors (Lipinski definition) is 3. The molecular weight excluding hydrogens is 598 g/mol. The second-order valence-corrected chi connectivity index (χ2v) is 11.2. The highest BCUT2D eigenvalue weighted by molar-refractivity contribution is 5.94. The number of carbonyl (C=O) groups is 5. The molecule has 3 heterocycles. The van der Waals surface area contributed by atoms with Crippen molar-refractivity contribution in [1.82, 2.24) is 25.6 Å². The van der Waals surface area contributed by atoms with Crippen molar-refractivity contribution in [3.05, 3.63) is 36.0 Å². The maximum atomic E-state index is 12.1. The molecule has 2 fully saturated rings. The molecule has 2 aliphatic rings. The number of nitrogens with zero attached hydrogens (tertiary/aromatic N) is 2. The quantitative estimate of drug-likeness (QED) is 0.353. The molecule has 3 N–H and O–H groups in total. The fourth-order valence-electron chi connectivity index (χ4n) is 4.63. The largest absolute Gasteiger partial charge is 0.417 e. The number of hydrogen-bond acceptors (Lipinski definition) is 6. The minimum Gasteiger partial charge on any atom is -0.417 e. The molecule has 0 radical (unpaired) electrons. The molecule has 47 heavy (non-hydrogen) atoms. The van der Waals surface area contributed by atoms with Gasteiger partial charge in [0.25, 0.3) is 0 Å². The Labute approximate surface area is 282 Å². The number of ketones is 1. The monoisotopic (exact) mass is 659 g/mol. The normalized spacial score (nSPS) is 16.2. The van der Waals surface area contributed by atoms with Crippen LogP contribution in [0.4, 0.5) is 0 Å². The molecule has 1 atom stereocenters.